The SMILES string of the molecule is CC(=O)c1c(OCCN(C)C)nc2cccnc2c1Nc1cccnc1. The smallest absolute Gasteiger partial charge is 0.227 e. The van der Waals surface area contributed by atoms with E-state index in [1.54, 1.807) is 24.7 Å². The zero-order valence-corrected chi connectivity index (χ0v) is 15.1. The highest BCUT2D eigenvalue weighted by atomic mass is 16.5. The van der Waals surface area contributed by atoms with Crippen molar-refractivity contribution in [3.05, 3.63) is 48.4 Å². The Bertz CT molecular complexity index is 912. The van der Waals surface area contributed by atoms with Crippen LogP contribution in [0.1, 0.15) is 17.3 Å². The Balaban J connectivity index is 2.11. The minimum absolute atomic E-state index is 0.142. The number of pyridine rings is 3. The van der Waals surface area contributed by atoms with Crippen molar-refractivity contribution in [1.29, 1.82) is 0 Å². The summed E-state index contributed by atoms with van der Waals surface area (Å²) in [6, 6.07) is 7.35. The topological polar surface area (TPSA) is 80.2 Å². The lowest BCUT2D eigenvalue weighted by atomic mass is 10.1. The van der Waals surface area contributed by atoms with Gasteiger partial charge >= 0.3 is 0 Å². The number of nitrogens with one attached hydrogen (secondary N) is 1. The van der Waals surface area contributed by atoms with Gasteiger partial charge in [0.25, 0.3) is 0 Å². The number of hydrogen-bond donors (Lipinski definition) is 1. The van der Waals surface area contributed by atoms with Gasteiger partial charge in [-0.2, -0.15) is 0 Å². The van der Waals surface area contributed by atoms with Crippen LogP contribution in [-0.2, 0) is 0 Å². The number of anilines is 2. The Morgan fingerprint density at radius 2 is 2.04 bits per heavy atom. The van der Waals surface area contributed by atoms with Crippen LogP contribution in [0, 0.1) is 0 Å². The molecule has 3 aromatic heterocycles. The van der Waals surface area contributed by atoms with Crippen LogP contribution in [0.25, 0.3) is 11.0 Å². The second kappa shape index (κ2) is 7.88. The monoisotopic (exact) mass is 351 g/mol. The van der Waals surface area contributed by atoms with E-state index in [-0.39, 0.29) is 5.78 Å². The van der Waals surface area contributed by atoms with Crippen molar-refractivity contribution in [2.24, 2.45) is 0 Å². The van der Waals surface area contributed by atoms with Crippen LogP contribution in [0.3, 0.4) is 0 Å². The van der Waals surface area contributed by atoms with Gasteiger partial charge in [-0.3, -0.25) is 14.8 Å². The summed E-state index contributed by atoms with van der Waals surface area (Å²) in [5.74, 6) is 0.169. The van der Waals surface area contributed by atoms with E-state index in [0.717, 1.165) is 12.2 Å². The van der Waals surface area contributed by atoms with E-state index in [4.69, 9.17) is 4.74 Å². The first kappa shape index (κ1) is 17.8. The normalized spacial score (nSPS) is 10.9. The van der Waals surface area contributed by atoms with Gasteiger partial charge < -0.3 is 15.0 Å². The molecule has 3 rings (SSSR count). The summed E-state index contributed by atoms with van der Waals surface area (Å²) in [6.07, 6.45) is 5.05. The molecule has 7 heteroatoms. The molecule has 0 atom stereocenters. The van der Waals surface area contributed by atoms with Crippen molar-refractivity contribution < 1.29 is 9.53 Å². The number of likely N-dealkylation sites (N-methyl/N-ethyl adjacent to an activating group) is 1. The third-order valence-corrected chi connectivity index (χ3v) is 3.77. The van der Waals surface area contributed by atoms with Gasteiger partial charge in [0.2, 0.25) is 5.88 Å². The Morgan fingerprint density at radius 3 is 2.73 bits per heavy atom. The van der Waals surface area contributed by atoms with E-state index < -0.39 is 0 Å². The quantitative estimate of drug-likeness (QED) is 0.656. The molecule has 0 spiro atoms. The molecule has 0 aliphatic heterocycles. The lowest BCUT2D eigenvalue weighted by molar-refractivity contribution is 0.101. The molecule has 3 aromatic rings. The summed E-state index contributed by atoms with van der Waals surface area (Å²) in [5, 5.41) is 3.26. The van der Waals surface area contributed by atoms with Gasteiger partial charge in [0, 0.05) is 18.9 Å². The molecule has 134 valence electrons. The van der Waals surface area contributed by atoms with Gasteiger partial charge in [-0.15, -0.1) is 0 Å². The number of rotatable bonds is 7. The molecule has 0 bridgehead atoms. The van der Waals surface area contributed by atoms with Crippen LogP contribution >= 0.6 is 0 Å². The molecule has 0 amide bonds. The molecule has 1 N–H and O–H groups in total. The van der Waals surface area contributed by atoms with Crippen LogP contribution in [0.4, 0.5) is 11.4 Å². The number of carbonyl (C=O) groups excluding carboxylic acids is 1. The molecule has 0 saturated carbocycles. The van der Waals surface area contributed by atoms with Crippen LogP contribution in [0.5, 0.6) is 5.88 Å². The van der Waals surface area contributed by atoms with E-state index in [9.17, 15) is 4.79 Å². The highest BCUT2D eigenvalue weighted by Gasteiger charge is 2.21. The maximum Gasteiger partial charge on any atom is 0.227 e. The average molecular weight is 351 g/mol. The molecule has 0 saturated heterocycles. The highest BCUT2D eigenvalue weighted by Crippen LogP contribution is 2.33. The van der Waals surface area contributed by atoms with Crippen molar-refractivity contribution in [1.82, 2.24) is 19.9 Å². The van der Waals surface area contributed by atoms with Crippen LogP contribution < -0.4 is 10.1 Å². The number of ketones is 1. The fourth-order valence-electron chi connectivity index (χ4n) is 2.53. The molecule has 7 nitrogen and oxygen atoms in total. The molecule has 0 radical (unpaired) electrons. The summed E-state index contributed by atoms with van der Waals surface area (Å²) in [7, 11) is 3.92. The van der Waals surface area contributed by atoms with Gasteiger partial charge in [-0.05, 0) is 45.3 Å². The van der Waals surface area contributed by atoms with Crippen molar-refractivity contribution in [2.75, 3.05) is 32.6 Å². The number of hydrogen-bond acceptors (Lipinski definition) is 7. The summed E-state index contributed by atoms with van der Waals surface area (Å²) >= 11 is 0. The molecule has 0 unspecified atom stereocenters. The highest BCUT2D eigenvalue weighted by molar-refractivity contribution is 6.09. The molecular weight excluding hydrogens is 330 g/mol. The Kier molecular flexibility index (Phi) is 5.38. The zero-order chi connectivity index (χ0) is 18.5. The van der Waals surface area contributed by atoms with E-state index in [0.29, 0.717) is 34.8 Å². The van der Waals surface area contributed by atoms with Crippen LogP contribution in [0.15, 0.2) is 42.9 Å². The first-order chi connectivity index (χ1) is 12.6. The van der Waals surface area contributed by atoms with Gasteiger partial charge in [-0.1, -0.05) is 0 Å². The Labute approximate surface area is 152 Å². The predicted octanol–water partition coefficient (Wildman–Crippen LogP) is 2.91. The van der Waals surface area contributed by atoms with Crippen molar-refractivity contribution in [3.8, 4) is 5.88 Å². The zero-order valence-electron chi connectivity index (χ0n) is 15.1. The van der Waals surface area contributed by atoms with Gasteiger partial charge in [0.15, 0.2) is 5.78 Å². The fraction of sp³-hybridized carbons (Fsp3) is 0.263. The molecule has 3 heterocycles. The lowest BCUT2D eigenvalue weighted by Crippen LogP contribution is -2.20. The summed E-state index contributed by atoms with van der Waals surface area (Å²) < 4.78 is 5.84. The minimum Gasteiger partial charge on any atom is -0.476 e. The second-order valence-electron chi connectivity index (χ2n) is 6.11. The standard InChI is InChI=1S/C19H21N5O2/c1-13(25)16-18(22-14-6-4-8-20-12-14)17-15(7-5-9-21-17)23-19(16)26-11-10-24(2)3/h4-9,12H,10-11H2,1-3H3,(H,22,23). The van der Waals surface area contributed by atoms with Gasteiger partial charge in [-0.25, -0.2) is 4.98 Å². The largest absolute Gasteiger partial charge is 0.476 e. The van der Waals surface area contributed by atoms with E-state index in [1.165, 1.54) is 6.92 Å². The summed E-state index contributed by atoms with van der Waals surface area (Å²) in [4.78, 5) is 27.4. The van der Waals surface area contributed by atoms with Crippen molar-refractivity contribution >= 4 is 28.2 Å². The summed E-state index contributed by atoms with van der Waals surface area (Å²) in [5.41, 5.74) is 2.99. The molecule has 26 heavy (non-hydrogen) atoms. The Hall–Kier alpha value is -3.06. The first-order valence-electron chi connectivity index (χ1n) is 8.30. The molecule has 0 aromatic carbocycles. The number of carbonyl (C=O) groups is 1. The first-order valence-corrected chi connectivity index (χ1v) is 8.30. The number of aromatic nitrogens is 3. The van der Waals surface area contributed by atoms with Crippen LogP contribution in [-0.4, -0.2) is 52.9 Å². The van der Waals surface area contributed by atoms with Gasteiger partial charge in [0.05, 0.1) is 23.1 Å². The van der Waals surface area contributed by atoms with Crippen LogP contribution in [0.2, 0.25) is 0 Å². The number of Topliss-reactive ketones (excluding diaryl/α,β-unsaturated/α-hetero) is 1. The number of fused-ring (bicyclic) bond motifs is 1. The van der Waals surface area contributed by atoms with Gasteiger partial charge in [0.1, 0.15) is 17.7 Å². The summed E-state index contributed by atoms with van der Waals surface area (Å²) in [6.45, 7) is 2.65. The number of ether oxygens (including phenoxy) is 1. The van der Waals surface area contributed by atoms with Crippen molar-refractivity contribution in [2.45, 2.75) is 6.92 Å². The van der Waals surface area contributed by atoms with E-state index in [2.05, 4.69) is 20.3 Å². The van der Waals surface area contributed by atoms with E-state index in [1.807, 2.05) is 37.2 Å². The molecular formula is C19H21N5O2. The maximum absolute atomic E-state index is 12.4. The van der Waals surface area contributed by atoms with Crippen molar-refractivity contribution in [3.63, 3.8) is 0 Å². The average Bonchev–Trinajstić information content (AvgIpc) is 2.62. The Morgan fingerprint density at radius 1 is 1.23 bits per heavy atom. The molecule has 0 aliphatic rings. The lowest BCUT2D eigenvalue weighted by Gasteiger charge is -2.17. The third kappa shape index (κ3) is 3.94. The predicted molar refractivity (Wildman–Crippen MR) is 101 cm³/mol. The van der Waals surface area contributed by atoms with E-state index >= 15 is 0 Å². The fourth-order valence-corrected chi connectivity index (χ4v) is 2.53. The maximum atomic E-state index is 12.4. The third-order valence-electron chi connectivity index (χ3n) is 3.77. The second-order valence-corrected chi connectivity index (χ2v) is 6.11. The molecule has 0 aliphatic carbocycles. The number of nitrogens with zero attached hydrogens (tertiary/aromatic N) is 4. The minimum atomic E-state index is -0.142. The molecule has 0 fully saturated rings.